The van der Waals surface area contributed by atoms with Crippen LogP contribution < -0.4 is 0 Å². The lowest BCUT2D eigenvalue weighted by atomic mass is 9.76. The smallest absolute Gasteiger partial charge is 0.132 e. The molecule has 5 heteroatoms. The number of carbonyl (C=O) groups is 1. The number of carbonyl (C=O) groups excluding carboxylic acids is 1. The summed E-state index contributed by atoms with van der Waals surface area (Å²) in [5.41, 5.74) is 5.46. The van der Waals surface area contributed by atoms with Crippen molar-refractivity contribution in [2.45, 2.75) is 114 Å². The van der Waals surface area contributed by atoms with Crippen molar-refractivity contribution < 1.29 is 22.4 Å². The first-order valence-corrected chi connectivity index (χ1v) is 18.8. The summed E-state index contributed by atoms with van der Waals surface area (Å²) in [6.07, 6.45) is 10.6. The number of hydrogen-bond donors (Lipinski definition) is 0. The predicted molar refractivity (Wildman–Crippen MR) is 194 cm³/mol. The van der Waals surface area contributed by atoms with Crippen LogP contribution in [0.4, 0.5) is 17.6 Å². The maximum Gasteiger partial charge on any atom is 0.132 e. The van der Waals surface area contributed by atoms with Gasteiger partial charge in [-0.1, -0.05) is 72.8 Å². The minimum absolute atomic E-state index is 0.243. The average molecular weight is 683 g/mol. The zero-order chi connectivity index (χ0) is 34.9. The molecular formula is C45H50F4O. The normalized spacial score (nSPS) is 22.2. The summed E-state index contributed by atoms with van der Waals surface area (Å²) in [4.78, 5) is 12.8. The Morgan fingerprint density at radius 3 is 1.18 bits per heavy atom. The Morgan fingerprint density at radius 2 is 0.840 bits per heavy atom. The molecule has 2 aliphatic rings. The van der Waals surface area contributed by atoms with Crippen LogP contribution in [-0.2, 0) is 17.6 Å². The van der Waals surface area contributed by atoms with Gasteiger partial charge in [0.25, 0.3) is 0 Å². The number of halogens is 4. The van der Waals surface area contributed by atoms with E-state index in [1.165, 1.54) is 35.4 Å². The standard InChI is InChI=1S/C45H50F4O/c46-41-23-5-33(6-24-41)29-44(48)39-19-15-37(16-20-39)35-11-1-31(2-12-35)9-27-43(50)28-10-32-3-13-36(14-4-32)38-17-21-40(22-18-38)45(49)30-34-7-25-42(47)26-8-34/h5-8,15-26,31-32,35-36,44-45H,1-4,9-14,27-30H2. The summed E-state index contributed by atoms with van der Waals surface area (Å²) in [7, 11) is 0. The van der Waals surface area contributed by atoms with Crippen molar-refractivity contribution in [1.29, 1.82) is 0 Å². The highest BCUT2D eigenvalue weighted by molar-refractivity contribution is 5.78. The Hall–Kier alpha value is -3.73. The van der Waals surface area contributed by atoms with Gasteiger partial charge in [0, 0.05) is 25.7 Å². The van der Waals surface area contributed by atoms with E-state index in [-0.39, 0.29) is 24.5 Å². The molecule has 2 fully saturated rings. The van der Waals surface area contributed by atoms with Crippen LogP contribution in [0.2, 0.25) is 0 Å². The van der Waals surface area contributed by atoms with E-state index >= 15 is 0 Å². The monoisotopic (exact) mass is 682 g/mol. The van der Waals surface area contributed by atoms with Gasteiger partial charge in [0.15, 0.2) is 0 Å². The molecule has 4 aromatic carbocycles. The van der Waals surface area contributed by atoms with Gasteiger partial charge < -0.3 is 0 Å². The Kier molecular flexibility index (Phi) is 12.6. The largest absolute Gasteiger partial charge is 0.300 e. The number of Topliss-reactive ketones (excluding diaryl/α,β-unsaturated/α-hetero) is 1. The summed E-state index contributed by atoms with van der Waals surface area (Å²) in [5.74, 6) is 2.00. The maximum absolute atomic E-state index is 14.9. The van der Waals surface area contributed by atoms with E-state index in [1.807, 2.05) is 24.3 Å². The molecule has 2 saturated carbocycles. The van der Waals surface area contributed by atoms with Gasteiger partial charge in [-0.25, -0.2) is 17.6 Å². The fourth-order valence-corrected chi connectivity index (χ4v) is 8.27. The van der Waals surface area contributed by atoms with Gasteiger partial charge in [0.05, 0.1) is 0 Å². The lowest BCUT2D eigenvalue weighted by Crippen LogP contribution is -2.16. The third-order valence-electron chi connectivity index (χ3n) is 11.6. The summed E-state index contributed by atoms with van der Waals surface area (Å²) >= 11 is 0. The molecule has 50 heavy (non-hydrogen) atoms. The highest BCUT2D eigenvalue weighted by Crippen LogP contribution is 2.40. The van der Waals surface area contributed by atoms with E-state index in [0.29, 0.717) is 53.4 Å². The molecule has 0 spiro atoms. The Bertz CT molecular complexity index is 1490. The molecule has 0 aliphatic heterocycles. The SMILES string of the molecule is O=C(CCC1CCC(c2ccc(C(F)Cc3ccc(F)cc3)cc2)CC1)CCC1CCC(c2ccc(C(F)Cc3ccc(F)cc3)cc2)CC1. The van der Waals surface area contributed by atoms with Crippen molar-refractivity contribution in [3.8, 4) is 0 Å². The first-order valence-electron chi connectivity index (χ1n) is 18.8. The van der Waals surface area contributed by atoms with Gasteiger partial charge in [0.2, 0.25) is 0 Å². The molecule has 0 aromatic heterocycles. The third-order valence-corrected chi connectivity index (χ3v) is 11.6. The number of rotatable bonds is 14. The Balaban J connectivity index is 0.848. The summed E-state index contributed by atoms with van der Waals surface area (Å²) < 4.78 is 56.1. The van der Waals surface area contributed by atoms with Crippen LogP contribution in [0.15, 0.2) is 97.1 Å². The molecular weight excluding hydrogens is 632 g/mol. The maximum atomic E-state index is 14.9. The molecule has 0 radical (unpaired) electrons. The molecule has 4 aromatic rings. The Labute approximate surface area is 295 Å². The van der Waals surface area contributed by atoms with Crippen LogP contribution in [0.1, 0.15) is 135 Å². The van der Waals surface area contributed by atoms with E-state index in [2.05, 4.69) is 24.3 Å². The summed E-state index contributed by atoms with van der Waals surface area (Å²) in [6.45, 7) is 0. The van der Waals surface area contributed by atoms with Crippen LogP contribution in [-0.4, -0.2) is 5.78 Å². The molecule has 2 aliphatic carbocycles. The molecule has 2 atom stereocenters. The van der Waals surface area contributed by atoms with Crippen molar-refractivity contribution in [3.05, 3.63) is 142 Å². The topological polar surface area (TPSA) is 17.1 Å². The number of benzene rings is 4. The van der Waals surface area contributed by atoms with E-state index in [1.54, 1.807) is 24.3 Å². The predicted octanol–water partition coefficient (Wildman–Crippen LogP) is 12.8. The van der Waals surface area contributed by atoms with E-state index in [0.717, 1.165) is 75.3 Å². The van der Waals surface area contributed by atoms with Crippen molar-refractivity contribution in [3.63, 3.8) is 0 Å². The zero-order valence-electron chi connectivity index (χ0n) is 29.0. The highest BCUT2D eigenvalue weighted by Gasteiger charge is 2.25. The molecule has 264 valence electrons. The van der Waals surface area contributed by atoms with Crippen LogP contribution in [0.25, 0.3) is 0 Å². The minimum Gasteiger partial charge on any atom is -0.300 e. The van der Waals surface area contributed by atoms with Crippen LogP contribution >= 0.6 is 0 Å². The van der Waals surface area contributed by atoms with Crippen LogP contribution in [0.5, 0.6) is 0 Å². The van der Waals surface area contributed by atoms with E-state index in [4.69, 9.17) is 0 Å². The fraction of sp³-hybridized carbons (Fsp3) is 0.444. The quantitative estimate of drug-likeness (QED) is 0.121. The van der Waals surface area contributed by atoms with Gasteiger partial charge in [-0.3, -0.25) is 4.79 Å². The fourth-order valence-electron chi connectivity index (χ4n) is 8.27. The zero-order valence-corrected chi connectivity index (χ0v) is 29.0. The van der Waals surface area contributed by atoms with E-state index < -0.39 is 12.3 Å². The van der Waals surface area contributed by atoms with Gasteiger partial charge >= 0.3 is 0 Å². The molecule has 0 bridgehead atoms. The lowest BCUT2D eigenvalue weighted by Gasteiger charge is -2.29. The van der Waals surface area contributed by atoms with Crippen molar-refractivity contribution >= 4 is 5.78 Å². The molecule has 0 saturated heterocycles. The van der Waals surface area contributed by atoms with Gasteiger partial charge in [0.1, 0.15) is 29.8 Å². The van der Waals surface area contributed by atoms with Crippen LogP contribution in [0.3, 0.4) is 0 Å². The van der Waals surface area contributed by atoms with Crippen molar-refractivity contribution in [2.75, 3.05) is 0 Å². The number of alkyl halides is 2. The summed E-state index contributed by atoms with van der Waals surface area (Å²) in [5, 5.41) is 0. The van der Waals surface area contributed by atoms with Gasteiger partial charge in [-0.05, 0) is 146 Å². The first-order chi connectivity index (χ1) is 24.3. The van der Waals surface area contributed by atoms with Gasteiger partial charge in [-0.15, -0.1) is 0 Å². The Morgan fingerprint density at radius 1 is 0.500 bits per heavy atom. The molecule has 6 rings (SSSR count). The van der Waals surface area contributed by atoms with Crippen molar-refractivity contribution in [2.24, 2.45) is 11.8 Å². The average Bonchev–Trinajstić information content (AvgIpc) is 3.15. The van der Waals surface area contributed by atoms with Gasteiger partial charge in [-0.2, -0.15) is 0 Å². The molecule has 1 nitrogen and oxygen atoms in total. The highest BCUT2D eigenvalue weighted by atomic mass is 19.1. The first kappa shape index (κ1) is 36.1. The molecule has 0 amide bonds. The molecule has 0 heterocycles. The number of hydrogen-bond acceptors (Lipinski definition) is 1. The lowest BCUT2D eigenvalue weighted by molar-refractivity contribution is -0.119. The third kappa shape index (κ3) is 10.2. The summed E-state index contributed by atoms with van der Waals surface area (Å²) in [6, 6.07) is 28.0. The molecule has 2 unspecified atom stereocenters. The second-order valence-corrected chi connectivity index (χ2v) is 15.0. The molecule has 0 N–H and O–H groups in total. The second-order valence-electron chi connectivity index (χ2n) is 15.0. The number of ketones is 1. The van der Waals surface area contributed by atoms with Crippen LogP contribution in [0, 0.1) is 23.5 Å². The van der Waals surface area contributed by atoms with Crippen molar-refractivity contribution in [1.82, 2.24) is 0 Å². The minimum atomic E-state index is -1.11. The second kappa shape index (κ2) is 17.5. The van der Waals surface area contributed by atoms with E-state index in [9.17, 15) is 22.4 Å².